The van der Waals surface area contributed by atoms with Crippen molar-refractivity contribution in [2.24, 2.45) is 0 Å². The van der Waals surface area contributed by atoms with Crippen molar-refractivity contribution in [1.82, 2.24) is 0 Å². The summed E-state index contributed by atoms with van der Waals surface area (Å²) in [5.74, 6) is 0. The molecule has 0 bridgehead atoms. The number of halogens is 3. The van der Waals surface area contributed by atoms with Crippen LogP contribution in [0.3, 0.4) is 0 Å². The lowest BCUT2D eigenvalue weighted by Gasteiger charge is -2.32. The molecule has 0 radical (unpaired) electrons. The van der Waals surface area contributed by atoms with Crippen LogP contribution in [0.25, 0.3) is 11.1 Å². The van der Waals surface area contributed by atoms with E-state index in [1.54, 1.807) is 0 Å². The molecule has 132 valence electrons. The first kappa shape index (κ1) is 18.0. The van der Waals surface area contributed by atoms with Crippen LogP contribution in [0, 0.1) is 0 Å². The van der Waals surface area contributed by atoms with Crippen molar-refractivity contribution in [3.8, 4) is 11.1 Å². The molecule has 3 rings (SSSR count). The van der Waals surface area contributed by atoms with E-state index in [9.17, 15) is 13.2 Å². The summed E-state index contributed by atoms with van der Waals surface area (Å²) in [6.45, 7) is 7.92. The fraction of sp³-hybridized carbons (Fsp3) is 0.368. The van der Waals surface area contributed by atoms with E-state index < -0.39 is 30.1 Å². The quantitative estimate of drug-likeness (QED) is 0.735. The van der Waals surface area contributed by atoms with E-state index in [0.29, 0.717) is 5.56 Å². The summed E-state index contributed by atoms with van der Waals surface area (Å²) in [6.07, 6.45) is -4.33. The van der Waals surface area contributed by atoms with E-state index in [1.807, 2.05) is 52.0 Å². The van der Waals surface area contributed by atoms with Crippen LogP contribution in [-0.2, 0) is 15.5 Å². The average molecular weight is 348 g/mol. The Kier molecular flexibility index (Phi) is 4.24. The summed E-state index contributed by atoms with van der Waals surface area (Å²) in [6, 6.07) is 12.6. The number of hydrogen-bond acceptors (Lipinski definition) is 2. The molecular weight excluding hydrogens is 328 g/mol. The van der Waals surface area contributed by atoms with Crippen LogP contribution in [-0.4, -0.2) is 18.3 Å². The van der Waals surface area contributed by atoms with Crippen LogP contribution in [0.15, 0.2) is 48.5 Å². The van der Waals surface area contributed by atoms with Crippen molar-refractivity contribution in [2.45, 2.75) is 45.1 Å². The summed E-state index contributed by atoms with van der Waals surface area (Å²) in [5.41, 5.74) is 0.839. The molecule has 2 aromatic rings. The Morgan fingerprint density at radius 2 is 1.36 bits per heavy atom. The van der Waals surface area contributed by atoms with Crippen molar-refractivity contribution in [3.05, 3.63) is 54.1 Å². The third-order valence-electron chi connectivity index (χ3n) is 4.96. The Bertz CT molecular complexity index is 751. The maximum absolute atomic E-state index is 12.7. The van der Waals surface area contributed by atoms with Gasteiger partial charge in [0.2, 0.25) is 0 Å². The minimum atomic E-state index is -4.33. The highest BCUT2D eigenvalue weighted by Crippen LogP contribution is 2.37. The van der Waals surface area contributed by atoms with Crippen LogP contribution < -0.4 is 5.46 Å². The van der Waals surface area contributed by atoms with E-state index >= 15 is 0 Å². The van der Waals surface area contributed by atoms with Crippen molar-refractivity contribution < 1.29 is 22.5 Å². The fourth-order valence-corrected chi connectivity index (χ4v) is 2.70. The zero-order valence-corrected chi connectivity index (χ0v) is 14.6. The lowest BCUT2D eigenvalue weighted by molar-refractivity contribution is -0.137. The Morgan fingerprint density at radius 1 is 0.800 bits per heavy atom. The second kappa shape index (κ2) is 5.89. The second-order valence-electron chi connectivity index (χ2n) is 7.29. The van der Waals surface area contributed by atoms with Crippen molar-refractivity contribution in [1.29, 1.82) is 0 Å². The van der Waals surface area contributed by atoms with Gasteiger partial charge in [-0.2, -0.15) is 13.2 Å². The maximum atomic E-state index is 12.7. The molecule has 0 N–H and O–H groups in total. The molecule has 0 aromatic heterocycles. The first-order chi connectivity index (χ1) is 11.5. The fourth-order valence-electron chi connectivity index (χ4n) is 2.70. The first-order valence-corrected chi connectivity index (χ1v) is 8.13. The Hall–Kier alpha value is -1.79. The van der Waals surface area contributed by atoms with Gasteiger partial charge in [-0.1, -0.05) is 36.4 Å². The van der Waals surface area contributed by atoms with Gasteiger partial charge >= 0.3 is 13.3 Å². The summed E-state index contributed by atoms with van der Waals surface area (Å²) in [5, 5.41) is 0. The van der Waals surface area contributed by atoms with Gasteiger partial charge in [0.15, 0.2) is 0 Å². The van der Waals surface area contributed by atoms with Gasteiger partial charge in [-0.25, -0.2) is 0 Å². The van der Waals surface area contributed by atoms with Gasteiger partial charge < -0.3 is 9.31 Å². The zero-order valence-electron chi connectivity index (χ0n) is 14.6. The highest BCUT2D eigenvalue weighted by Gasteiger charge is 2.51. The van der Waals surface area contributed by atoms with Gasteiger partial charge in [0.1, 0.15) is 0 Å². The molecule has 2 aromatic carbocycles. The summed E-state index contributed by atoms with van der Waals surface area (Å²) in [7, 11) is -0.501. The SMILES string of the molecule is CC1(C)OB(c2cccc(-c3ccc(C(F)(F)F)cc3)c2)OC1(C)C. The van der Waals surface area contributed by atoms with Crippen LogP contribution in [0.1, 0.15) is 33.3 Å². The van der Waals surface area contributed by atoms with Gasteiger partial charge in [0, 0.05) is 0 Å². The number of rotatable bonds is 2. The molecule has 0 aliphatic carbocycles. The maximum Gasteiger partial charge on any atom is 0.494 e. The smallest absolute Gasteiger partial charge is 0.399 e. The van der Waals surface area contributed by atoms with Gasteiger partial charge in [0.05, 0.1) is 16.8 Å². The summed E-state index contributed by atoms with van der Waals surface area (Å²) < 4.78 is 50.2. The van der Waals surface area contributed by atoms with Gasteiger partial charge in [-0.15, -0.1) is 0 Å². The number of alkyl halides is 3. The zero-order chi connectivity index (χ0) is 18.5. The highest BCUT2D eigenvalue weighted by molar-refractivity contribution is 6.62. The Labute approximate surface area is 146 Å². The van der Waals surface area contributed by atoms with Crippen LogP contribution in [0.5, 0.6) is 0 Å². The Balaban J connectivity index is 1.88. The number of hydrogen-bond donors (Lipinski definition) is 0. The van der Waals surface area contributed by atoms with Gasteiger partial charge in [-0.05, 0) is 56.4 Å². The second-order valence-corrected chi connectivity index (χ2v) is 7.29. The standard InChI is InChI=1S/C19H20BF3O2/c1-17(2)18(3,4)25-20(24-17)16-7-5-6-14(12-16)13-8-10-15(11-9-13)19(21,22)23/h5-12H,1-4H3. The first-order valence-electron chi connectivity index (χ1n) is 8.13. The molecular formula is C19H20BF3O2. The van der Waals surface area contributed by atoms with Gasteiger partial charge in [-0.3, -0.25) is 0 Å². The monoisotopic (exact) mass is 348 g/mol. The molecule has 6 heteroatoms. The number of benzene rings is 2. The van der Waals surface area contributed by atoms with Gasteiger partial charge in [0.25, 0.3) is 0 Å². The normalized spacial score (nSPS) is 19.2. The molecule has 1 aliphatic heterocycles. The molecule has 1 heterocycles. The third kappa shape index (κ3) is 3.46. The average Bonchev–Trinajstić information content (AvgIpc) is 2.75. The lowest BCUT2D eigenvalue weighted by atomic mass is 9.78. The van der Waals surface area contributed by atoms with E-state index in [4.69, 9.17) is 9.31 Å². The largest absolute Gasteiger partial charge is 0.494 e. The van der Waals surface area contributed by atoms with E-state index in [-0.39, 0.29) is 0 Å². The van der Waals surface area contributed by atoms with Crippen molar-refractivity contribution in [3.63, 3.8) is 0 Å². The topological polar surface area (TPSA) is 18.5 Å². The molecule has 0 spiro atoms. The minimum absolute atomic E-state index is 0.442. The molecule has 0 atom stereocenters. The van der Waals surface area contributed by atoms with E-state index in [1.165, 1.54) is 12.1 Å². The minimum Gasteiger partial charge on any atom is -0.399 e. The van der Waals surface area contributed by atoms with Crippen molar-refractivity contribution >= 4 is 12.6 Å². The lowest BCUT2D eigenvalue weighted by Crippen LogP contribution is -2.41. The molecule has 0 amide bonds. The molecule has 25 heavy (non-hydrogen) atoms. The molecule has 1 aliphatic rings. The predicted octanol–water partition coefficient (Wildman–Crippen LogP) is 4.67. The molecule has 1 fully saturated rings. The molecule has 0 unspecified atom stereocenters. The van der Waals surface area contributed by atoms with E-state index in [0.717, 1.165) is 23.2 Å². The van der Waals surface area contributed by atoms with Crippen molar-refractivity contribution in [2.75, 3.05) is 0 Å². The summed E-state index contributed by atoms with van der Waals surface area (Å²) >= 11 is 0. The van der Waals surface area contributed by atoms with Crippen LogP contribution in [0.2, 0.25) is 0 Å². The molecule has 2 nitrogen and oxygen atoms in total. The van der Waals surface area contributed by atoms with Crippen LogP contribution >= 0.6 is 0 Å². The summed E-state index contributed by atoms with van der Waals surface area (Å²) in [4.78, 5) is 0. The van der Waals surface area contributed by atoms with Crippen LogP contribution in [0.4, 0.5) is 13.2 Å². The Morgan fingerprint density at radius 3 is 1.88 bits per heavy atom. The third-order valence-corrected chi connectivity index (χ3v) is 4.96. The predicted molar refractivity (Wildman–Crippen MR) is 92.6 cm³/mol. The molecule has 0 saturated carbocycles. The molecule has 1 saturated heterocycles. The highest BCUT2D eigenvalue weighted by atomic mass is 19.4. The van der Waals surface area contributed by atoms with E-state index in [2.05, 4.69) is 0 Å².